The van der Waals surface area contributed by atoms with Crippen LogP contribution < -0.4 is 5.32 Å². The standard InChI is InChI=1S/C10H21NO2/c1-6-7-11-9(12)13-8(2)10(3,4)5/h8H,6-7H2,1-5H3,(H,11,12)/t8-/m1/s1. The van der Waals surface area contributed by atoms with Crippen LogP contribution in [0.3, 0.4) is 0 Å². The van der Waals surface area contributed by atoms with Crippen LogP contribution in [0.15, 0.2) is 0 Å². The molecule has 1 atom stereocenters. The molecule has 0 bridgehead atoms. The molecular formula is C10H21NO2. The summed E-state index contributed by atoms with van der Waals surface area (Å²) in [5.74, 6) is 0. The van der Waals surface area contributed by atoms with Crippen molar-refractivity contribution in [2.75, 3.05) is 6.54 Å². The highest BCUT2D eigenvalue weighted by molar-refractivity contribution is 5.67. The maximum atomic E-state index is 11.1. The molecule has 0 saturated heterocycles. The van der Waals surface area contributed by atoms with E-state index >= 15 is 0 Å². The van der Waals surface area contributed by atoms with E-state index in [2.05, 4.69) is 5.32 Å². The minimum Gasteiger partial charge on any atom is -0.446 e. The number of carbonyl (C=O) groups excluding carboxylic acids is 1. The van der Waals surface area contributed by atoms with Crippen LogP contribution in [-0.2, 0) is 4.74 Å². The van der Waals surface area contributed by atoms with Crippen molar-refractivity contribution >= 4 is 6.09 Å². The van der Waals surface area contributed by atoms with E-state index in [-0.39, 0.29) is 17.6 Å². The third-order valence-electron chi connectivity index (χ3n) is 2.02. The Hall–Kier alpha value is -0.730. The van der Waals surface area contributed by atoms with Gasteiger partial charge in [0.1, 0.15) is 6.10 Å². The zero-order valence-corrected chi connectivity index (χ0v) is 9.31. The molecule has 0 unspecified atom stereocenters. The number of nitrogens with one attached hydrogen (secondary N) is 1. The molecule has 0 aromatic heterocycles. The van der Waals surface area contributed by atoms with Gasteiger partial charge in [-0.2, -0.15) is 0 Å². The summed E-state index contributed by atoms with van der Waals surface area (Å²) in [5, 5.41) is 2.67. The molecule has 78 valence electrons. The molecule has 13 heavy (non-hydrogen) atoms. The fourth-order valence-electron chi connectivity index (χ4n) is 0.606. The summed E-state index contributed by atoms with van der Waals surface area (Å²) in [4.78, 5) is 11.1. The van der Waals surface area contributed by atoms with E-state index < -0.39 is 0 Å². The van der Waals surface area contributed by atoms with Crippen LogP contribution >= 0.6 is 0 Å². The Labute approximate surface area is 80.8 Å². The summed E-state index contributed by atoms with van der Waals surface area (Å²) in [6.07, 6.45) is 0.549. The third-order valence-corrected chi connectivity index (χ3v) is 2.02. The van der Waals surface area contributed by atoms with E-state index in [0.29, 0.717) is 6.54 Å². The van der Waals surface area contributed by atoms with E-state index in [9.17, 15) is 4.79 Å². The summed E-state index contributed by atoms with van der Waals surface area (Å²) in [5.41, 5.74) is 0.00353. The van der Waals surface area contributed by atoms with Gasteiger partial charge in [0.05, 0.1) is 0 Å². The van der Waals surface area contributed by atoms with E-state index in [1.165, 1.54) is 0 Å². The maximum absolute atomic E-state index is 11.1. The summed E-state index contributed by atoms with van der Waals surface area (Å²) in [6.45, 7) is 10.7. The monoisotopic (exact) mass is 187 g/mol. The minimum absolute atomic E-state index is 0.00353. The van der Waals surface area contributed by atoms with Crippen LogP contribution in [0, 0.1) is 5.41 Å². The number of alkyl carbamates (subject to hydrolysis) is 1. The summed E-state index contributed by atoms with van der Waals surface area (Å²) in [6, 6.07) is 0. The first kappa shape index (κ1) is 12.3. The Kier molecular flexibility index (Phi) is 4.81. The number of amides is 1. The number of hydrogen-bond donors (Lipinski definition) is 1. The molecular weight excluding hydrogens is 166 g/mol. The van der Waals surface area contributed by atoms with Crippen LogP contribution in [0.2, 0.25) is 0 Å². The largest absolute Gasteiger partial charge is 0.446 e. The van der Waals surface area contributed by atoms with Crippen LogP contribution in [0.5, 0.6) is 0 Å². The Bertz CT molecular complexity index is 161. The second-order valence-corrected chi connectivity index (χ2v) is 4.34. The molecule has 0 aliphatic heterocycles. The fraction of sp³-hybridized carbons (Fsp3) is 0.900. The Morgan fingerprint density at radius 2 is 2.00 bits per heavy atom. The summed E-state index contributed by atoms with van der Waals surface area (Å²) >= 11 is 0. The molecule has 0 rings (SSSR count). The lowest BCUT2D eigenvalue weighted by molar-refractivity contribution is 0.0438. The van der Waals surface area contributed by atoms with E-state index in [4.69, 9.17) is 4.74 Å². The van der Waals surface area contributed by atoms with Gasteiger partial charge < -0.3 is 10.1 Å². The van der Waals surface area contributed by atoms with Gasteiger partial charge in [0.25, 0.3) is 0 Å². The van der Waals surface area contributed by atoms with Crippen molar-refractivity contribution in [1.29, 1.82) is 0 Å². The van der Waals surface area contributed by atoms with Crippen molar-refractivity contribution in [3.05, 3.63) is 0 Å². The molecule has 0 aliphatic rings. The van der Waals surface area contributed by atoms with Crippen molar-refractivity contribution in [2.24, 2.45) is 5.41 Å². The number of rotatable bonds is 3. The molecule has 0 aromatic rings. The van der Waals surface area contributed by atoms with E-state index in [1.54, 1.807) is 0 Å². The van der Waals surface area contributed by atoms with Crippen LogP contribution in [0.25, 0.3) is 0 Å². The second kappa shape index (κ2) is 5.10. The van der Waals surface area contributed by atoms with Gasteiger partial charge >= 0.3 is 6.09 Å². The van der Waals surface area contributed by atoms with Gasteiger partial charge in [0.2, 0.25) is 0 Å². The second-order valence-electron chi connectivity index (χ2n) is 4.34. The Balaban J connectivity index is 3.79. The highest BCUT2D eigenvalue weighted by atomic mass is 16.6. The lowest BCUT2D eigenvalue weighted by Crippen LogP contribution is -2.34. The molecule has 1 amide bonds. The topological polar surface area (TPSA) is 38.3 Å². The van der Waals surface area contributed by atoms with Gasteiger partial charge in [0.15, 0.2) is 0 Å². The number of carbonyl (C=O) groups is 1. The van der Waals surface area contributed by atoms with Gasteiger partial charge in [-0.25, -0.2) is 4.79 Å². The average molecular weight is 187 g/mol. The predicted molar refractivity (Wildman–Crippen MR) is 53.7 cm³/mol. The van der Waals surface area contributed by atoms with Gasteiger partial charge in [-0.1, -0.05) is 27.7 Å². The first-order valence-corrected chi connectivity index (χ1v) is 4.82. The zero-order chi connectivity index (χ0) is 10.5. The van der Waals surface area contributed by atoms with E-state index in [1.807, 2.05) is 34.6 Å². The quantitative estimate of drug-likeness (QED) is 0.737. The first-order valence-electron chi connectivity index (χ1n) is 4.82. The van der Waals surface area contributed by atoms with Crippen LogP contribution in [-0.4, -0.2) is 18.7 Å². The highest BCUT2D eigenvalue weighted by Crippen LogP contribution is 2.21. The van der Waals surface area contributed by atoms with Crippen molar-refractivity contribution in [3.63, 3.8) is 0 Å². The van der Waals surface area contributed by atoms with Crippen molar-refractivity contribution in [3.8, 4) is 0 Å². The lowest BCUT2D eigenvalue weighted by Gasteiger charge is -2.26. The molecule has 1 N–H and O–H groups in total. The molecule has 3 heteroatoms. The molecule has 0 saturated carbocycles. The summed E-state index contributed by atoms with van der Waals surface area (Å²) in [7, 11) is 0. The number of ether oxygens (including phenoxy) is 1. The van der Waals surface area contributed by atoms with Crippen molar-refractivity contribution < 1.29 is 9.53 Å². The van der Waals surface area contributed by atoms with E-state index in [0.717, 1.165) is 6.42 Å². The lowest BCUT2D eigenvalue weighted by atomic mass is 9.90. The van der Waals surface area contributed by atoms with Gasteiger partial charge in [-0.3, -0.25) is 0 Å². The molecule has 0 aromatic carbocycles. The minimum atomic E-state index is -0.315. The fourth-order valence-corrected chi connectivity index (χ4v) is 0.606. The highest BCUT2D eigenvalue weighted by Gasteiger charge is 2.23. The van der Waals surface area contributed by atoms with Crippen molar-refractivity contribution in [1.82, 2.24) is 5.32 Å². The molecule has 0 radical (unpaired) electrons. The smallest absolute Gasteiger partial charge is 0.407 e. The van der Waals surface area contributed by atoms with Crippen LogP contribution in [0.1, 0.15) is 41.0 Å². The molecule has 0 heterocycles. The normalized spacial score (nSPS) is 13.6. The molecule has 3 nitrogen and oxygen atoms in total. The molecule has 0 spiro atoms. The SMILES string of the molecule is CCCNC(=O)O[C@H](C)C(C)(C)C. The maximum Gasteiger partial charge on any atom is 0.407 e. The third kappa shape index (κ3) is 5.50. The van der Waals surface area contributed by atoms with Crippen LogP contribution in [0.4, 0.5) is 4.79 Å². The first-order chi connectivity index (χ1) is 5.88. The Morgan fingerprint density at radius 1 is 1.46 bits per heavy atom. The van der Waals surface area contributed by atoms with Crippen molar-refractivity contribution in [2.45, 2.75) is 47.1 Å². The zero-order valence-electron chi connectivity index (χ0n) is 9.31. The molecule has 0 aliphatic carbocycles. The average Bonchev–Trinajstić information content (AvgIpc) is 1.99. The number of hydrogen-bond acceptors (Lipinski definition) is 2. The molecule has 0 fully saturated rings. The predicted octanol–water partition coefficient (Wildman–Crippen LogP) is 2.56. The van der Waals surface area contributed by atoms with Gasteiger partial charge in [-0.05, 0) is 18.8 Å². The Morgan fingerprint density at radius 3 is 2.38 bits per heavy atom. The summed E-state index contributed by atoms with van der Waals surface area (Å²) < 4.78 is 5.17. The van der Waals surface area contributed by atoms with Gasteiger partial charge in [0, 0.05) is 6.54 Å². The van der Waals surface area contributed by atoms with Gasteiger partial charge in [-0.15, -0.1) is 0 Å².